The molecule has 0 aromatic carbocycles. The van der Waals surface area contributed by atoms with Gasteiger partial charge in [-0.05, 0) is 31.7 Å². The van der Waals surface area contributed by atoms with Crippen molar-refractivity contribution in [3.63, 3.8) is 0 Å². The van der Waals surface area contributed by atoms with Crippen LogP contribution >= 0.6 is 0 Å². The van der Waals surface area contributed by atoms with E-state index in [4.69, 9.17) is 14.2 Å². The molecule has 0 spiro atoms. The molecule has 1 aromatic heterocycles. The van der Waals surface area contributed by atoms with Gasteiger partial charge in [-0.1, -0.05) is 20.8 Å². The van der Waals surface area contributed by atoms with Crippen LogP contribution in [0.5, 0.6) is 5.88 Å². The number of hydrogen-bond acceptors (Lipinski definition) is 5. The van der Waals surface area contributed by atoms with Gasteiger partial charge in [-0.15, -0.1) is 0 Å². The zero-order chi connectivity index (χ0) is 18.0. The molecule has 1 rings (SSSR count). The quantitative estimate of drug-likeness (QED) is 0.627. The van der Waals surface area contributed by atoms with Gasteiger partial charge in [0.1, 0.15) is 12.2 Å². The van der Waals surface area contributed by atoms with Crippen LogP contribution in [0.3, 0.4) is 0 Å². The highest BCUT2D eigenvalue weighted by atomic mass is 16.5. The Morgan fingerprint density at radius 1 is 1.29 bits per heavy atom. The first-order chi connectivity index (χ1) is 11.4. The van der Waals surface area contributed by atoms with Crippen LogP contribution < -0.4 is 10.1 Å². The second-order valence-corrected chi connectivity index (χ2v) is 6.36. The lowest BCUT2D eigenvalue weighted by Crippen LogP contribution is -2.44. The van der Waals surface area contributed by atoms with Gasteiger partial charge in [0.05, 0.1) is 18.5 Å². The van der Waals surface area contributed by atoms with E-state index in [9.17, 15) is 4.79 Å². The Kier molecular flexibility index (Phi) is 8.71. The molecule has 1 atom stereocenters. The number of methoxy groups -OCH3 is 1. The molecule has 1 amide bonds. The highest BCUT2D eigenvalue weighted by Gasteiger charge is 2.34. The highest BCUT2D eigenvalue weighted by Crippen LogP contribution is 2.24. The number of carbonyl (C=O) groups is 1. The molecule has 24 heavy (non-hydrogen) atoms. The number of carbonyl (C=O) groups excluding carboxylic acids is 1. The Hall–Kier alpha value is -1.66. The summed E-state index contributed by atoms with van der Waals surface area (Å²) in [7, 11) is 1.62. The number of amides is 1. The van der Waals surface area contributed by atoms with Crippen molar-refractivity contribution in [2.75, 3.05) is 32.2 Å². The lowest BCUT2D eigenvalue weighted by Gasteiger charge is -2.30. The summed E-state index contributed by atoms with van der Waals surface area (Å²) in [5.74, 6) is 0.698. The number of hydrogen-bond donors (Lipinski definition) is 1. The van der Waals surface area contributed by atoms with Crippen LogP contribution in [0.15, 0.2) is 18.3 Å². The van der Waals surface area contributed by atoms with Crippen LogP contribution in [0.1, 0.15) is 40.5 Å². The molecule has 0 unspecified atom stereocenters. The Balaban J connectivity index is 2.68. The number of ether oxygens (including phenoxy) is 3. The molecule has 0 saturated heterocycles. The summed E-state index contributed by atoms with van der Waals surface area (Å²) >= 11 is 0. The normalized spacial score (nSPS) is 13.6. The molecular weight excluding hydrogens is 308 g/mol. The van der Waals surface area contributed by atoms with E-state index in [1.54, 1.807) is 25.4 Å². The average Bonchev–Trinajstić information content (AvgIpc) is 2.54. The lowest BCUT2D eigenvalue weighted by atomic mass is 9.93. The molecule has 0 aliphatic carbocycles. The van der Waals surface area contributed by atoms with Crippen molar-refractivity contribution in [3.8, 4) is 5.88 Å². The summed E-state index contributed by atoms with van der Waals surface area (Å²) in [6.45, 7) is 9.52. The first-order valence-corrected chi connectivity index (χ1v) is 8.44. The van der Waals surface area contributed by atoms with Crippen molar-refractivity contribution in [1.29, 1.82) is 0 Å². The molecule has 1 aromatic rings. The summed E-state index contributed by atoms with van der Waals surface area (Å²) in [5, 5.41) is 2.88. The molecule has 0 aliphatic heterocycles. The second kappa shape index (κ2) is 10.3. The fourth-order valence-corrected chi connectivity index (χ4v) is 2.36. The van der Waals surface area contributed by atoms with Crippen molar-refractivity contribution in [3.05, 3.63) is 18.3 Å². The topological polar surface area (TPSA) is 69.7 Å². The maximum atomic E-state index is 12.7. The van der Waals surface area contributed by atoms with Gasteiger partial charge in [0.2, 0.25) is 5.88 Å². The SMILES string of the molecule is CCCO[C@](C)(CC(C)C)C(=O)Nc1ccc(OCCOC)nc1. The minimum absolute atomic E-state index is 0.153. The van der Waals surface area contributed by atoms with Crippen LogP contribution in [0.25, 0.3) is 0 Å². The third-order valence-electron chi connectivity index (χ3n) is 3.43. The fraction of sp³-hybridized carbons (Fsp3) is 0.667. The maximum absolute atomic E-state index is 12.7. The van der Waals surface area contributed by atoms with E-state index < -0.39 is 5.60 Å². The summed E-state index contributed by atoms with van der Waals surface area (Å²) in [6, 6.07) is 3.49. The molecule has 6 nitrogen and oxygen atoms in total. The van der Waals surface area contributed by atoms with Gasteiger partial charge in [0, 0.05) is 19.8 Å². The number of pyridine rings is 1. The minimum atomic E-state index is -0.849. The number of anilines is 1. The Morgan fingerprint density at radius 2 is 2.04 bits per heavy atom. The first kappa shape index (κ1) is 20.4. The highest BCUT2D eigenvalue weighted by molar-refractivity contribution is 5.96. The van der Waals surface area contributed by atoms with Crippen molar-refractivity contribution in [2.45, 2.75) is 46.1 Å². The first-order valence-electron chi connectivity index (χ1n) is 8.44. The van der Waals surface area contributed by atoms with Gasteiger partial charge in [0.25, 0.3) is 5.91 Å². The van der Waals surface area contributed by atoms with Crippen molar-refractivity contribution < 1.29 is 19.0 Å². The molecule has 136 valence electrons. The minimum Gasteiger partial charge on any atom is -0.475 e. The number of nitrogens with one attached hydrogen (secondary N) is 1. The third kappa shape index (κ3) is 6.84. The monoisotopic (exact) mass is 338 g/mol. The molecule has 0 fully saturated rings. The molecular formula is C18H30N2O4. The molecule has 0 saturated carbocycles. The molecule has 0 radical (unpaired) electrons. The number of rotatable bonds is 11. The van der Waals surface area contributed by atoms with E-state index in [0.717, 1.165) is 6.42 Å². The van der Waals surface area contributed by atoms with Gasteiger partial charge in [-0.3, -0.25) is 4.79 Å². The summed E-state index contributed by atoms with van der Waals surface area (Å²) in [5.41, 5.74) is -0.230. The van der Waals surface area contributed by atoms with Gasteiger partial charge in [0.15, 0.2) is 0 Å². The largest absolute Gasteiger partial charge is 0.475 e. The van der Waals surface area contributed by atoms with Gasteiger partial charge in [-0.2, -0.15) is 0 Å². The van der Waals surface area contributed by atoms with Crippen LogP contribution in [0.4, 0.5) is 5.69 Å². The van der Waals surface area contributed by atoms with E-state index in [1.807, 2.05) is 13.8 Å². The van der Waals surface area contributed by atoms with Crippen LogP contribution in [0, 0.1) is 5.92 Å². The number of aromatic nitrogens is 1. The summed E-state index contributed by atoms with van der Waals surface area (Å²) < 4.78 is 16.2. The zero-order valence-electron chi connectivity index (χ0n) is 15.4. The second-order valence-electron chi connectivity index (χ2n) is 6.36. The van der Waals surface area contributed by atoms with Gasteiger partial charge in [-0.25, -0.2) is 4.98 Å². The molecule has 0 aliphatic rings. The van der Waals surface area contributed by atoms with Gasteiger partial charge >= 0.3 is 0 Å². The lowest BCUT2D eigenvalue weighted by molar-refractivity contribution is -0.141. The summed E-state index contributed by atoms with van der Waals surface area (Å²) in [6.07, 6.45) is 3.11. The maximum Gasteiger partial charge on any atom is 0.256 e. The van der Waals surface area contributed by atoms with Crippen molar-refractivity contribution in [2.24, 2.45) is 5.92 Å². The standard InChI is InChI=1S/C18H30N2O4/c1-6-9-24-18(4,12-14(2)3)17(21)20-15-7-8-16(19-13-15)23-11-10-22-5/h7-8,13-14H,6,9-12H2,1-5H3,(H,20,21)/t18-/m1/s1. The fourth-order valence-electron chi connectivity index (χ4n) is 2.36. The van der Waals surface area contributed by atoms with E-state index in [2.05, 4.69) is 24.1 Å². The van der Waals surface area contributed by atoms with E-state index in [-0.39, 0.29) is 5.91 Å². The Morgan fingerprint density at radius 3 is 2.58 bits per heavy atom. The summed E-state index contributed by atoms with van der Waals surface area (Å²) in [4.78, 5) is 16.8. The van der Waals surface area contributed by atoms with Crippen molar-refractivity contribution in [1.82, 2.24) is 4.98 Å². The van der Waals surface area contributed by atoms with Crippen LogP contribution in [-0.2, 0) is 14.3 Å². The van der Waals surface area contributed by atoms with Crippen molar-refractivity contribution >= 4 is 11.6 Å². The number of nitrogens with zero attached hydrogens (tertiary/aromatic N) is 1. The Labute approximate surface area is 144 Å². The van der Waals surface area contributed by atoms with E-state index in [0.29, 0.717) is 43.7 Å². The smallest absolute Gasteiger partial charge is 0.256 e. The zero-order valence-corrected chi connectivity index (χ0v) is 15.4. The predicted octanol–water partition coefficient (Wildman–Crippen LogP) is 3.28. The van der Waals surface area contributed by atoms with Gasteiger partial charge < -0.3 is 19.5 Å². The van der Waals surface area contributed by atoms with Crippen LogP contribution in [-0.4, -0.2) is 43.4 Å². The molecule has 6 heteroatoms. The van der Waals surface area contributed by atoms with E-state index in [1.165, 1.54) is 0 Å². The predicted molar refractivity (Wildman–Crippen MR) is 94.3 cm³/mol. The molecule has 0 bridgehead atoms. The Bertz CT molecular complexity index is 490. The molecule has 1 heterocycles. The van der Waals surface area contributed by atoms with Crippen LogP contribution in [0.2, 0.25) is 0 Å². The molecule has 1 N–H and O–H groups in total. The third-order valence-corrected chi connectivity index (χ3v) is 3.43. The van der Waals surface area contributed by atoms with E-state index >= 15 is 0 Å². The average molecular weight is 338 g/mol.